The minimum Gasteiger partial charge on any atom is -0.352 e. The molecule has 0 saturated carbocycles. The molecule has 0 unspecified atom stereocenters. The molecule has 0 aromatic heterocycles. The summed E-state index contributed by atoms with van der Waals surface area (Å²) in [6.45, 7) is 1.58. The van der Waals surface area contributed by atoms with Crippen LogP contribution in [-0.2, 0) is 9.59 Å². The summed E-state index contributed by atoms with van der Waals surface area (Å²) in [5.41, 5.74) is 1.16. The Kier molecular flexibility index (Phi) is 2.87. The summed E-state index contributed by atoms with van der Waals surface area (Å²) in [4.78, 5) is 23.0. The Morgan fingerprint density at radius 2 is 1.71 bits per heavy atom. The maximum absolute atomic E-state index is 12.7. The number of nitrogens with one attached hydrogen (secondary N) is 1. The van der Waals surface area contributed by atoms with E-state index in [1.54, 1.807) is 6.92 Å². The molecule has 86 valence electrons. The number of hydrogen-bond donors (Lipinski definition) is 1. The molecule has 3 nitrogen and oxygen atoms in total. The third-order valence-corrected chi connectivity index (χ3v) is 2.37. The number of benzene rings is 1. The lowest BCUT2D eigenvalue weighted by Gasteiger charge is -2.12. The van der Waals surface area contributed by atoms with E-state index in [2.05, 4.69) is 5.32 Å². The standard InChI is InChI=1S/C13H10FNO2/c1-8-6-11(16)7-12(13(8)17)15-10-4-2-9(14)3-5-10/h2-7,15H,1H3. The van der Waals surface area contributed by atoms with Crippen LogP contribution in [0.5, 0.6) is 0 Å². The van der Waals surface area contributed by atoms with Gasteiger partial charge in [-0.05, 0) is 37.3 Å². The Hall–Kier alpha value is -2.23. The molecule has 0 amide bonds. The Bertz CT molecular complexity index is 541. The van der Waals surface area contributed by atoms with Crippen molar-refractivity contribution in [3.8, 4) is 0 Å². The van der Waals surface area contributed by atoms with Gasteiger partial charge in [0.1, 0.15) is 5.82 Å². The van der Waals surface area contributed by atoms with E-state index in [0.717, 1.165) is 0 Å². The van der Waals surface area contributed by atoms with Crippen molar-refractivity contribution in [1.29, 1.82) is 0 Å². The van der Waals surface area contributed by atoms with Crippen LogP contribution in [0, 0.1) is 5.82 Å². The number of Topliss-reactive ketones (excluding diaryl/α,β-unsaturated/α-hetero) is 1. The van der Waals surface area contributed by atoms with Gasteiger partial charge in [-0.1, -0.05) is 0 Å². The minimum atomic E-state index is -0.355. The summed E-state index contributed by atoms with van der Waals surface area (Å²) in [6, 6.07) is 5.56. The van der Waals surface area contributed by atoms with Gasteiger partial charge < -0.3 is 5.32 Å². The molecule has 17 heavy (non-hydrogen) atoms. The van der Waals surface area contributed by atoms with Crippen molar-refractivity contribution in [2.45, 2.75) is 6.92 Å². The molecule has 1 aliphatic rings. The molecule has 0 bridgehead atoms. The fraction of sp³-hybridized carbons (Fsp3) is 0.0769. The summed E-state index contributed by atoms with van der Waals surface area (Å²) < 4.78 is 12.7. The summed E-state index contributed by atoms with van der Waals surface area (Å²) >= 11 is 0. The zero-order valence-electron chi connectivity index (χ0n) is 9.16. The third-order valence-electron chi connectivity index (χ3n) is 2.37. The smallest absolute Gasteiger partial charge is 0.205 e. The highest BCUT2D eigenvalue weighted by Gasteiger charge is 2.18. The van der Waals surface area contributed by atoms with Gasteiger partial charge in [0.15, 0.2) is 5.78 Å². The molecule has 0 aliphatic heterocycles. The minimum absolute atomic E-state index is 0.210. The molecule has 0 spiro atoms. The molecule has 0 radical (unpaired) electrons. The molecule has 4 heteroatoms. The first-order valence-corrected chi connectivity index (χ1v) is 5.07. The molecule has 0 saturated heterocycles. The Labute approximate surface area is 97.6 Å². The number of carbonyl (C=O) groups is 2. The lowest BCUT2D eigenvalue weighted by atomic mass is 10.0. The van der Waals surface area contributed by atoms with E-state index >= 15 is 0 Å². The van der Waals surface area contributed by atoms with Crippen molar-refractivity contribution in [2.75, 3.05) is 5.32 Å². The Morgan fingerprint density at radius 1 is 1.06 bits per heavy atom. The van der Waals surface area contributed by atoms with Gasteiger partial charge in [0.05, 0.1) is 5.70 Å². The van der Waals surface area contributed by atoms with Crippen molar-refractivity contribution in [3.63, 3.8) is 0 Å². The highest BCUT2D eigenvalue weighted by Crippen LogP contribution is 2.16. The number of rotatable bonds is 2. The SMILES string of the molecule is CC1=CC(=O)C=C(Nc2ccc(F)cc2)C1=O. The molecular formula is C13H10FNO2. The van der Waals surface area contributed by atoms with E-state index in [1.165, 1.54) is 36.4 Å². The lowest BCUT2D eigenvalue weighted by molar-refractivity contribution is -0.115. The van der Waals surface area contributed by atoms with Crippen LogP contribution in [0.4, 0.5) is 10.1 Å². The van der Waals surface area contributed by atoms with Crippen molar-refractivity contribution in [3.05, 3.63) is 53.5 Å². The highest BCUT2D eigenvalue weighted by molar-refractivity contribution is 6.21. The molecule has 1 aromatic carbocycles. The van der Waals surface area contributed by atoms with Crippen LogP contribution in [0.25, 0.3) is 0 Å². The van der Waals surface area contributed by atoms with Gasteiger partial charge in [-0.15, -0.1) is 0 Å². The van der Waals surface area contributed by atoms with E-state index in [1.807, 2.05) is 0 Å². The molecule has 0 atom stereocenters. The second-order valence-corrected chi connectivity index (χ2v) is 3.75. The van der Waals surface area contributed by atoms with Gasteiger partial charge in [0.25, 0.3) is 0 Å². The number of carbonyl (C=O) groups excluding carboxylic acids is 2. The van der Waals surface area contributed by atoms with Crippen LogP contribution >= 0.6 is 0 Å². The topological polar surface area (TPSA) is 46.2 Å². The van der Waals surface area contributed by atoms with Gasteiger partial charge in [-0.2, -0.15) is 0 Å². The lowest BCUT2D eigenvalue weighted by Crippen LogP contribution is -2.18. The zero-order valence-corrected chi connectivity index (χ0v) is 9.16. The molecular weight excluding hydrogens is 221 g/mol. The Balaban J connectivity index is 2.22. The number of allylic oxidation sites excluding steroid dienone is 3. The van der Waals surface area contributed by atoms with E-state index < -0.39 is 0 Å². The largest absolute Gasteiger partial charge is 0.352 e. The predicted octanol–water partition coefficient (Wildman–Crippen LogP) is 2.22. The van der Waals surface area contributed by atoms with E-state index in [4.69, 9.17) is 0 Å². The van der Waals surface area contributed by atoms with E-state index in [0.29, 0.717) is 11.3 Å². The van der Waals surface area contributed by atoms with Gasteiger partial charge in [-0.3, -0.25) is 9.59 Å². The van der Waals surface area contributed by atoms with Crippen molar-refractivity contribution in [2.24, 2.45) is 0 Å². The van der Waals surface area contributed by atoms with Crippen LogP contribution < -0.4 is 5.32 Å². The van der Waals surface area contributed by atoms with Crippen molar-refractivity contribution >= 4 is 17.3 Å². The third kappa shape index (κ3) is 2.47. The predicted molar refractivity (Wildman–Crippen MR) is 61.9 cm³/mol. The first kappa shape index (κ1) is 11.3. The molecule has 2 rings (SSSR count). The van der Waals surface area contributed by atoms with Crippen LogP contribution in [0.3, 0.4) is 0 Å². The highest BCUT2D eigenvalue weighted by atomic mass is 19.1. The maximum atomic E-state index is 12.7. The molecule has 0 fully saturated rings. The zero-order chi connectivity index (χ0) is 12.4. The monoisotopic (exact) mass is 231 g/mol. The fourth-order valence-electron chi connectivity index (χ4n) is 1.52. The van der Waals surface area contributed by atoms with Crippen LogP contribution in [-0.4, -0.2) is 11.6 Å². The number of halogens is 1. The fourth-order valence-corrected chi connectivity index (χ4v) is 1.52. The number of hydrogen-bond acceptors (Lipinski definition) is 3. The first-order valence-electron chi connectivity index (χ1n) is 5.07. The van der Waals surface area contributed by atoms with Crippen LogP contribution in [0.2, 0.25) is 0 Å². The summed E-state index contributed by atoms with van der Waals surface area (Å²) in [7, 11) is 0. The summed E-state index contributed by atoms with van der Waals surface area (Å²) in [5.74, 6) is -0.813. The number of ketones is 2. The maximum Gasteiger partial charge on any atom is 0.205 e. The van der Waals surface area contributed by atoms with Crippen molar-refractivity contribution < 1.29 is 14.0 Å². The summed E-state index contributed by atoms with van der Waals surface area (Å²) in [5, 5.41) is 2.80. The summed E-state index contributed by atoms with van der Waals surface area (Å²) in [6.07, 6.45) is 2.52. The average Bonchev–Trinajstić information content (AvgIpc) is 2.28. The quantitative estimate of drug-likeness (QED) is 0.794. The van der Waals surface area contributed by atoms with Gasteiger partial charge in [0.2, 0.25) is 5.78 Å². The van der Waals surface area contributed by atoms with Gasteiger partial charge in [0, 0.05) is 17.3 Å². The normalized spacial score (nSPS) is 15.4. The van der Waals surface area contributed by atoms with Gasteiger partial charge >= 0.3 is 0 Å². The van der Waals surface area contributed by atoms with Crippen molar-refractivity contribution in [1.82, 2.24) is 0 Å². The molecule has 1 N–H and O–H groups in total. The first-order chi connectivity index (χ1) is 8.06. The van der Waals surface area contributed by atoms with Gasteiger partial charge in [-0.25, -0.2) is 4.39 Å². The molecule has 0 heterocycles. The molecule has 1 aliphatic carbocycles. The van der Waals surface area contributed by atoms with Crippen LogP contribution in [0.1, 0.15) is 6.92 Å². The Morgan fingerprint density at radius 3 is 2.35 bits per heavy atom. The molecule has 1 aromatic rings. The second kappa shape index (κ2) is 4.33. The van der Waals surface area contributed by atoms with E-state index in [-0.39, 0.29) is 23.1 Å². The second-order valence-electron chi connectivity index (χ2n) is 3.75. The number of anilines is 1. The average molecular weight is 231 g/mol. The van der Waals surface area contributed by atoms with Crippen LogP contribution in [0.15, 0.2) is 47.7 Å². The van der Waals surface area contributed by atoms with E-state index in [9.17, 15) is 14.0 Å².